The molecular formula is C16H16ClN3O3. The van der Waals surface area contributed by atoms with Crippen LogP contribution in [0.2, 0.25) is 5.02 Å². The molecule has 2 N–H and O–H groups in total. The van der Waals surface area contributed by atoms with E-state index in [0.29, 0.717) is 42.0 Å². The minimum Gasteiger partial charge on any atom is -0.457 e. The number of hydrogen-bond acceptors (Lipinski definition) is 4. The molecule has 1 fully saturated rings. The fourth-order valence-corrected chi connectivity index (χ4v) is 2.19. The average molecular weight is 334 g/mol. The summed E-state index contributed by atoms with van der Waals surface area (Å²) in [6.45, 7) is 1.44. The molecule has 1 aliphatic heterocycles. The maximum atomic E-state index is 11.7. The van der Waals surface area contributed by atoms with Gasteiger partial charge >= 0.3 is 6.03 Å². The largest absolute Gasteiger partial charge is 0.457 e. The quantitative estimate of drug-likeness (QED) is 0.882. The first kappa shape index (κ1) is 15.6. The van der Waals surface area contributed by atoms with E-state index < -0.39 is 0 Å². The number of hydrogen-bond donors (Lipinski definition) is 2. The van der Waals surface area contributed by atoms with Crippen molar-refractivity contribution in [2.24, 2.45) is 0 Å². The van der Waals surface area contributed by atoms with Gasteiger partial charge in [0.1, 0.15) is 11.5 Å². The lowest BCUT2D eigenvalue weighted by molar-refractivity contribution is -0.0000174. The molecule has 0 aliphatic carbocycles. The Morgan fingerprint density at radius 1 is 1.30 bits per heavy atom. The molecule has 0 unspecified atom stereocenters. The molecule has 7 heteroatoms. The second kappa shape index (κ2) is 7.30. The Kier molecular flexibility index (Phi) is 4.95. The molecule has 0 radical (unpaired) electrons. The highest BCUT2D eigenvalue weighted by Crippen LogP contribution is 2.24. The SMILES string of the molecule is O=C(NCc1cc(Oc2cccc(Cl)c2)ccn1)NC1COC1. The fraction of sp³-hybridized carbons (Fsp3) is 0.250. The highest BCUT2D eigenvalue weighted by atomic mass is 35.5. The lowest BCUT2D eigenvalue weighted by Crippen LogP contribution is -2.51. The molecule has 1 aromatic heterocycles. The summed E-state index contributed by atoms with van der Waals surface area (Å²) in [5.41, 5.74) is 0.699. The monoisotopic (exact) mass is 333 g/mol. The van der Waals surface area contributed by atoms with Crippen molar-refractivity contribution < 1.29 is 14.3 Å². The number of ether oxygens (including phenoxy) is 2. The molecule has 1 saturated heterocycles. The zero-order chi connectivity index (χ0) is 16.1. The van der Waals surface area contributed by atoms with Crippen molar-refractivity contribution in [1.82, 2.24) is 15.6 Å². The van der Waals surface area contributed by atoms with Crippen LogP contribution in [0.1, 0.15) is 5.69 Å². The number of urea groups is 1. The fourth-order valence-electron chi connectivity index (χ4n) is 2.01. The number of nitrogens with zero attached hydrogens (tertiary/aromatic N) is 1. The summed E-state index contributed by atoms with van der Waals surface area (Å²) in [6.07, 6.45) is 1.63. The predicted molar refractivity (Wildman–Crippen MR) is 85.7 cm³/mol. The number of benzene rings is 1. The second-order valence-corrected chi connectivity index (χ2v) is 5.54. The van der Waals surface area contributed by atoms with Crippen LogP contribution in [-0.2, 0) is 11.3 Å². The minimum atomic E-state index is -0.235. The first-order valence-electron chi connectivity index (χ1n) is 7.19. The van der Waals surface area contributed by atoms with E-state index in [1.807, 2.05) is 12.1 Å². The zero-order valence-electron chi connectivity index (χ0n) is 12.3. The standard InChI is InChI=1S/C16H16ClN3O3/c17-11-2-1-3-14(6-11)23-15-4-5-18-12(7-15)8-19-16(21)20-13-9-22-10-13/h1-7,13H,8-10H2,(H2,19,20,21). The van der Waals surface area contributed by atoms with Gasteiger partial charge in [0.2, 0.25) is 0 Å². The molecule has 1 aromatic carbocycles. The van der Waals surface area contributed by atoms with Gasteiger partial charge in [-0.1, -0.05) is 17.7 Å². The average Bonchev–Trinajstić information content (AvgIpc) is 2.49. The van der Waals surface area contributed by atoms with E-state index in [0.717, 1.165) is 0 Å². The number of aromatic nitrogens is 1. The number of carbonyl (C=O) groups excluding carboxylic acids is 1. The Hall–Kier alpha value is -2.31. The van der Waals surface area contributed by atoms with E-state index in [9.17, 15) is 4.79 Å². The van der Waals surface area contributed by atoms with Crippen molar-refractivity contribution >= 4 is 17.6 Å². The Bertz CT molecular complexity index is 692. The van der Waals surface area contributed by atoms with E-state index in [1.165, 1.54) is 0 Å². The van der Waals surface area contributed by atoms with Crippen LogP contribution in [0.15, 0.2) is 42.6 Å². The summed E-state index contributed by atoms with van der Waals surface area (Å²) in [6, 6.07) is 10.5. The molecule has 2 aromatic rings. The molecule has 0 atom stereocenters. The van der Waals surface area contributed by atoms with Gasteiger partial charge in [-0.05, 0) is 24.3 Å². The summed E-state index contributed by atoms with van der Waals surface area (Å²) in [4.78, 5) is 15.9. The summed E-state index contributed by atoms with van der Waals surface area (Å²) >= 11 is 5.93. The summed E-state index contributed by atoms with van der Waals surface area (Å²) in [5, 5.41) is 6.16. The van der Waals surface area contributed by atoms with Gasteiger partial charge in [-0.15, -0.1) is 0 Å². The number of rotatable bonds is 5. The molecule has 2 amide bonds. The van der Waals surface area contributed by atoms with Gasteiger partial charge in [-0.3, -0.25) is 4.98 Å². The highest BCUT2D eigenvalue weighted by molar-refractivity contribution is 6.30. The molecule has 23 heavy (non-hydrogen) atoms. The first-order valence-corrected chi connectivity index (χ1v) is 7.57. The first-order chi connectivity index (χ1) is 11.2. The highest BCUT2D eigenvalue weighted by Gasteiger charge is 2.19. The van der Waals surface area contributed by atoms with Crippen LogP contribution in [0.25, 0.3) is 0 Å². The summed E-state index contributed by atoms with van der Waals surface area (Å²) in [5.74, 6) is 1.28. The molecular weight excluding hydrogens is 318 g/mol. The number of carbonyl (C=O) groups is 1. The number of amides is 2. The third-order valence-electron chi connectivity index (χ3n) is 3.22. The summed E-state index contributed by atoms with van der Waals surface area (Å²) < 4.78 is 10.7. The maximum absolute atomic E-state index is 11.7. The van der Waals surface area contributed by atoms with Crippen LogP contribution in [-0.4, -0.2) is 30.3 Å². The van der Waals surface area contributed by atoms with E-state index in [1.54, 1.807) is 30.5 Å². The van der Waals surface area contributed by atoms with Gasteiger partial charge in [-0.2, -0.15) is 0 Å². The summed E-state index contributed by atoms with van der Waals surface area (Å²) in [7, 11) is 0. The Morgan fingerprint density at radius 3 is 2.87 bits per heavy atom. The normalized spacial score (nSPS) is 14.0. The molecule has 0 spiro atoms. The predicted octanol–water partition coefficient (Wildman–Crippen LogP) is 2.73. The van der Waals surface area contributed by atoms with Crippen molar-refractivity contribution in [3.05, 3.63) is 53.3 Å². The number of nitrogens with one attached hydrogen (secondary N) is 2. The van der Waals surface area contributed by atoms with Gasteiger partial charge in [0.05, 0.1) is 31.5 Å². The van der Waals surface area contributed by atoms with Crippen molar-refractivity contribution in [2.75, 3.05) is 13.2 Å². The van der Waals surface area contributed by atoms with Gasteiger partial charge in [0.15, 0.2) is 0 Å². The van der Waals surface area contributed by atoms with Crippen LogP contribution in [0.3, 0.4) is 0 Å². The van der Waals surface area contributed by atoms with Crippen LogP contribution in [0.5, 0.6) is 11.5 Å². The van der Waals surface area contributed by atoms with Crippen molar-refractivity contribution in [2.45, 2.75) is 12.6 Å². The Morgan fingerprint density at radius 2 is 2.13 bits per heavy atom. The third kappa shape index (κ3) is 4.58. The van der Waals surface area contributed by atoms with E-state index in [2.05, 4.69) is 15.6 Å². The van der Waals surface area contributed by atoms with Crippen molar-refractivity contribution in [1.29, 1.82) is 0 Å². The molecule has 2 heterocycles. The van der Waals surface area contributed by atoms with Gasteiger partial charge in [0.25, 0.3) is 0 Å². The second-order valence-electron chi connectivity index (χ2n) is 5.10. The number of halogens is 1. The maximum Gasteiger partial charge on any atom is 0.315 e. The molecule has 0 bridgehead atoms. The molecule has 120 valence electrons. The van der Waals surface area contributed by atoms with Crippen molar-refractivity contribution in [3.63, 3.8) is 0 Å². The lowest BCUT2D eigenvalue weighted by atomic mass is 10.3. The van der Waals surface area contributed by atoms with Crippen LogP contribution >= 0.6 is 11.6 Å². The third-order valence-corrected chi connectivity index (χ3v) is 3.46. The molecule has 1 aliphatic rings. The van der Waals surface area contributed by atoms with E-state index in [4.69, 9.17) is 21.1 Å². The van der Waals surface area contributed by atoms with Crippen LogP contribution in [0.4, 0.5) is 4.79 Å². The van der Waals surface area contributed by atoms with Gasteiger partial charge < -0.3 is 20.1 Å². The van der Waals surface area contributed by atoms with Gasteiger partial charge in [-0.25, -0.2) is 4.79 Å². The van der Waals surface area contributed by atoms with E-state index in [-0.39, 0.29) is 12.1 Å². The molecule has 3 rings (SSSR count). The van der Waals surface area contributed by atoms with Crippen molar-refractivity contribution in [3.8, 4) is 11.5 Å². The topological polar surface area (TPSA) is 72.5 Å². The number of pyridine rings is 1. The van der Waals surface area contributed by atoms with Gasteiger partial charge in [0, 0.05) is 17.3 Å². The lowest BCUT2D eigenvalue weighted by Gasteiger charge is -2.26. The smallest absolute Gasteiger partial charge is 0.315 e. The Labute approximate surface area is 138 Å². The Balaban J connectivity index is 1.55. The molecule has 6 nitrogen and oxygen atoms in total. The zero-order valence-corrected chi connectivity index (χ0v) is 13.0. The van der Waals surface area contributed by atoms with E-state index >= 15 is 0 Å². The minimum absolute atomic E-state index is 0.0976. The van der Waals surface area contributed by atoms with Crippen LogP contribution in [0, 0.1) is 0 Å². The van der Waals surface area contributed by atoms with Crippen LogP contribution < -0.4 is 15.4 Å². The molecule has 0 saturated carbocycles.